The maximum Gasteiger partial charge on any atom is 0.354 e. The van der Waals surface area contributed by atoms with E-state index in [1.54, 1.807) is 6.20 Å². The first-order chi connectivity index (χ1) is 17.1. The highest BCUT2D eigenvalue weighted by atomic mass is 16.5. The Kier molecular flexibility index (Phi) is 6.95. The Balaban J connectivity index is 1.41. The van der Waals surface area contributed by atoms with Gasteiger partial charge in [-0.3, -0.25) is 4.98 Å². The van der Waals surface area contributed by atoms with Crippen molar-refractivity contribution in [3.8, 4) is 11.3 Å². The number of pyridine rings is 2. The first kappa shape index (κ1) is 23.3. The summed E-state index contributed by atoms with van der Waals surface area (Å²) in [4.78, 5) is 24.2. The summed E-state index contributed by atoms with van der Waals surface area (Å²) >= 11 is 0. The molecule has 0 radical (unpaired) electrons. The van der Waals surface area contributed by atoms with Crippen molar-refractivity contribution in [3.63, 3.8) is 0 Å². The molecule has 7 heteroatoms. The molecule has 0 spiro atoms. The summed E-state index contributed by atoms with van der Waals surface area (Å²) in [5, 5.41) is 5.66. The van der Waals surface area contributed by atoms with Crippen molar-refractivity contribution in [3.05, 3.63) is 54.5 Å². The number of aryl methyl sites for hydroxylation is 1. The van der Waals surface area contributed by atoms with Gasteiger partial charge in [0.1, 0.15) is 5.69 Å². The van der Waals surface area contributed by atoms with Gasteiger partial charge in [0.25, 0.3) is 0 Å². The molecular formula is C28H33N5O2. The second-order valence-corrected chi connectivity index (χ2v) is 9.21. The number of benzene rings is 1. The number of nitrogens with one attached hydrogen (secondary N) is 1. The van der Waals surface area contributed by atoms with Crippen LogP contribution in [0.25, 0.3) is 33.1 Å². The van der Waals surface area contributed by atoms with Crippen LogP contribution < -0.4 is 5.32 Å². The van der Waals surface area contributed by atoms with E-state index < -0.39 is 0 Å². The average molecular weight is 472 g/mol. The predicted octanol–water partition coefficient (Wildman–Crippen LogP) is 5.25. The van der Waals surface area contributed by atoms with Crippen molar-refractivity contribution in [2.24, 2.45) is 7.05 Å². The zero-order valence-corrected chi connectivity index (χ0v) is 20.6. The van der Waals surface area contributed by atoms with Crippen molar-refractivity contribution < 1.29 is 9.53 Å². The third kappa shape index (κ3) is 5.00. The molecule has 5 rings (SSSR count). The molecule has 4 heterocycles. The Labute approximate surface area is 206 Å². The third-order valence-electron chi connectivity index (χ3n) is 6.85. The van der Waals surface area contributed by atoms with E-state index in [2.05, 4.69) is 33.4 Å². The van der Waals surface area contributed by atoms with Crippen molar-refractivity contribution >= 4 is 33.5 Å². The molecule has 0 bridgehead atoms. The minimum absolute atomic E-state index is 0.305. The van der Waals surface area contributed by atoms with Gasteiger partial charge in [0, 0.05) is 53.5 Å². The number of aromatic nitrogens is 3. The molecule has 4 aromatic rings. The number of carbonyl (C=O) groups is 1. The zero-order chi connectivity index (χ0) is 24.2. The largest absolute Gasteiger partial charge is 0.461 e. The van der Waals surface area contributed by atoms with Gasteiger partial charge >= 0.3 is 5.97 Å². The molecule has 1 fully saturated rings. The van der Waals surface area contributed by atoms with Crippen LogP contribution >= 0.6 is 0 Å². The maximum absolute atomic E-state index is 12.3. The van der Waals surface area contributed by atoms with E-state index in [0.717, 1.165) is 58.3 Å². The van der Waals surface area contributed by atoms with E-state index >= 15 is 0 Å². The second-order valence-electron chi connectivity index (χ2n) is 9.21. The highest BCUT2D eigenvalue weighted by molar-refractivity contribution is 5.98. The predicted molar refractivity (Wildman–Crippen MR) is 141 cm³/mol. The van der Waals surface area contributed by atoms with E-state index in [1.165, 1.54) is 32.4 Å². The molecule has 1 saturated heterocycles. The number of hydrogen-bond donors (Lipinski definition) is 1. The Bertz CT molecular complexity index is 1340. The summed E-state index contributed by atoms with van der Waals surface area (Å²) in [6.07, 6.45) is 8.78. The quantitative estimate of drug-likeness (QED) is 0.279. The highest BCUT2D eigenvalue weighted by Crippen LogP contribution is 2.30. The number of ether oxygens (including phenoxy) is 1. The van der Waals surface area contributed by atoms with Crippen molar-refractivity contribution in [2.45, 2.75) is 32.6 Å². The minimum atomic E-state index is -0.305. The molecule has 35 heavy (non-hydrogen) atoms. The van der Waals surface area contributed by atoms with Crippen LogP contribution in [0.2, 0.25) is 0 Å². The van der Waals surface area contributed by atoms with Gasteiger partial charge in [-0.1, -0.05) is 12.5 Å². The Hall–Kier alpha value is -3.45. The number of piperidine rings is 1. The van der Waals surface area contributed by atoms with Gasteiger partial charge < -0.3 is 19.5 Å². The van der Waals surface area contributed by atoms with Crippen molar-refractivity contribution in [1.29, 1.82) is 0 Å². The van der Waals surface area contributed by atoms with Crippen molar-refractivity contribution in [1.82, 2.24) is 19.4 Å². The summed E-state index contributed by atoms with van der Waals surface area (Å²) in [5.41, 5.74) is 5.40. The normalized spacial score (nSPS) is 14.5. The summed E-state index contributed by atoms with van der Waals surface area (Å²) in [5.74, 6) is -0.305. The average Bonchev–Trinajstić information content (AvgIpc) is 3.23. The van der Waals surface area contributed by atoms with Crippen LogP contribution in [0, 0.1) is 0 Å². The number of fused-ring (bicyclic) bond motifs is 2. The van der Waals surface area contributed by atoms with Crippen LogP contribution in [0.5, 0.6) is 0 Å². The highest BCUT2D eigenvalue weighted by Gasteiger charge is 2.16. The first-order valence-corrected chi connectivity index (χ1v) is 12.6. The third-order valence-corrected chi connectivity index (χ3v) is 6.85. The maximum atomic E-state index is 12.3. The molecule has 0 aliphatic carbocycles. The molecule has 182 valence electrons. The van der Waals surface area contributed by atoms with Crippen LogP contribution in [-0.4, -0.2) is 58.2 Å². The number of rotatable bonds is 8. The summed E-state index contributed by atoms with van der Waals surface area (Å²) in [7, 11) is 1.89. The van der Waals surface area contributed by atoms with Gasteiger partial charge in [0.15, 0.2) is 0 Å². The van der Waals surface area contributed by atoms with Gasteiger partial charge in [-0.05, 0) is 76.2 Å². The van der Waals surface area contributed by atoms with Gasteiger partial charge in [0.05, 0.1) is 17.8 Å². The molecular weight excluding hydrogens is 438 g/mol. The van der Waals surface area contributed by atoms with E-state index in [9.17, 15) is 4.79 Å². The molecule has 0 saturated carbocycles. The van der Waals surface area contributed by atoms with Crippen LogP contribution in [-0.2, 0) is 11.8 Å². The fourth-order valence-electron chi connectivity index (χ4n) is 4.98. The van der Waals surface area contributed by atoms with E-state index in [1.807, 2.05) is 42.9 Å². The standard InChI is InChI=1S/C28H33N5O2/c1-3-35-28(34)27-17-21-16-20(8-9-26(21)32(27)2)24-18-25(22-19-29-12-10-23(22)31-24)30-11-7-15-33-13-5-4-6-14-33/h8-10,12,16-19H,3-7,11,13-15H2,1-2H3,(H,30,31). The summed E-state index contributed by atoms with van der Waals surface area (Å²) < 4.78 is 7.09. The summed E-state index contributed by atoms with van der Waals surface area (Å²) in [6.45, 7) is 6.67. The van der Waals surface area contributed by atoms with Gasteiger partial charge in [-0.15, -0.1) is 0 Å². The lowest BCUT2D eigenvalue weighted by atomic mass is 10.1. The lowest BCUT2D eigenvalue weighted by Crippen LogP contribution is -2.31. The molecule has 0 amide bonds. The minimum Gasteiger partial charge on any atom is -0.461 e. The second kappa shape index (κ2) is 10.4. The number of anilines is 1. The van der Waals surface area contributed by atoms with Gasteiger partial charge in [0.2, 0.25) is 0 Å². The Morgan fingerprint density at radius 1 is 1.11 bits per heavy atom. The lowest BCUT2D eigenvalue weighted by Gasteiger charge is -2.26. The van der Waals surface area contributed by atoms with Crippen LogP contribution in [0.3, 0.4) is 0 Å². The number of hydrogen-bond acceptors (Lipinski definition) is 6. The smallest absolute Gasteiger partial charge is 0.354 e. The zero-order valence-electron chi connectivity index (χ0n) is 20.6. The van der Waals surface area contributed by atoms with Crippen LogP contribution in [0.1, 0.15) is 43.1 Å². The molecule has 0 unspecified atom stereocenters. The number of likely N-dealkylation sites (tertiary alicyclic amines) is 1. The Morgan fingerprint density at radius 3 is 2.80 bits per heavy atom. The Morgan fingerprint density at radius 2 is 1.97 bits per heavy atom. The van der Waals surface area contributed by atoms with E-state index in [0.29, 0.717) is 12.3 Å². The molecule has 1 aliphatic rings. The summed E-state index contributed by atoms with van der Waals surface area (Å²) in [6, 6.07) is 12.2. The van der Waals surface area contributed by atoms with Crippen molar-refractivity contribution in [2.75, 3.05) is 38.1 Å². The SMILES string of the molecule is CCOC(=O)c1cc2cc(-c3cc(NCCCN4CCCCC4)c4cnccc4n3)ccc2n1C. The monoisotopic (exact) mass is 471 g/mol. The van der Waals surface area contributed by atoms with Gasteiger partial charge in [-0.2, -0.15) is 0 Å². The van der Waals surface area contributed by atoms with Crippen LogP contribution in [0.15, 0.2) is 48.8 Å². The molecule has 1 N–H and O–H groups in total. The molecule has 3 aromatic heterocycles. The first-order valence-electron chi connectivity index (χ1n) is 12.6. The number of nitrogens with zero attached hydrogens (tertiary/aromatic N) is 4. The number of carbonyl (C=O) groups excluding carboxylic acids is 1. The van der Waals surface area contributed by atoms with Crippen LogP contribution in [0.4, 0.5) is 5.69 Å². The van der Waals surface area contributed by atoms with E-state index in [-0.39, 0.29) is 5.97 Å². The fraction of sp³-hybridized carbons (Fsp3) is 0.393. The van der Waals surface area contributed by atoms with Gasteiger partial charge in [-0.25, -0.2) is 9.78 Å². The molecule has 0 atom stereocenters. The van der Waals surface area contributed by atoms with E-state index in [4.69, 9.17) is 9.72 Å². The fourth-order valence-corrected chi connectivity index (χ4v) is 4.98. The molecule has 1 aliphatic heterocycles. The topological polar surface area (TPSA) is 72.3 Å². The lowest BCUT2D eigenvalue weighted by molar-refractivity contribution is 0.0516. The molecule has 1 aromatic carbocycles. The molecule has 7 nitrogen and oxygen atoms in total. The number of esters is 1.